The second-order valence-corrected chi connectivity index (χ2v) is 10.1. The van der Waals surface area contributed by atoms with Gasteiger partial charge in [-0.25, -0.2) is 4.98 Å². The Labute approximate surface area is 176 Å². The molecular weight excluding hydrogens is 408 g/mol. The molecule has 0 saturated carbocycles. The minimum Gasteiger partial charge on any atom is -0.390 e. The van der Waals surface area contributed by atoms with Crippen LogP contribution in [-0.2, 0) is 5.75 Å². The lowest BCUT2D eigenvalue weighted by atomic mass is 10.2. The van der Waals surface area contributed by atoms with Gasteiger partial charge in [-0.1, -0.05) is 53.9 Å². The summed E-state index contributed by atoms with van der Waals surface area (Å²) in [6.07, 6.45) is 0. The smallest absolute Gasteiger partial charge is 0.195 e. The van der Waals surface area contributed by atoms with Crippen molar-refractivity contribution >= 4 is 45.1 Å². The number of benzene rings is 2. The highest BCUT2D eigenvalue weighted by molar-refractivity contribution is 8.00. The van der Waals surface area contributed by atoms with Gasteiger partial charge >= 0.3 is 0 Å². The van der Waals surface area contributed by atoms with Crippen LogP contribution in [0.2, 0.25) is 0 Å². The molecule has 1 N–H and O–H groups in total. The van der Waals surface area contributed by atoms with Crippen molar-refractivity contribution in [1.29, 1.82) is 0 Å². The Morgan fingerprint density at radius 1 is 1.00 bits per heavy atom. The fourth-order valence-corrected chi connectivity index (χ4v) is 5.51. The summed E-state index contributed by atoms with van der Waals surface area (Å²) in [4.78, 5) is 4.69. The number of fused-ring (bicyclic) bond motifs is 1. The van der Waals surface area contributed by atoms with Crippen molar-refractivity contribution in [3.05, 3.63) is 60.4 Å². The van der Waals surface area contributed by atoms with Crippen LogP contribution in [-0.4, -0.2) is 36.2 Å². The van der Waals surface area contributed by atoms with Gasteiger partial charge in [-0.3, -0.25) is 4.57 Å². The maximum Gasteiger partial charge on any atom is 0.195 e. The average molecular weight is 429 g/mol. The van der Waals surface area contributed by atoms with Crippen molar-refractivity contribution < 1.29 is 5.11 Å². The lowest BCUT2D eigenvalue weighted by molar-refractivity contribution is 0.107. The molecule has 2 aromatic carbocycles. The third-order valence-corrected chi connectivity index (χ3v) is 7.42. The zero-order valence-electron chi connectivity index (χ0n) is 15.6. The van der Waals surface area contributed by atoms with Crippen molar-refractivity contribution in [1.82, 2.24) is 19.7 Å². The highest BCUT2D eigenvalue weighted by atomic mass is 32.2. The summed E-state index contributed by atoms with van der Waals surface area (Å²) in [5.41, 5.74) is 1.28. The van der Waals surface area contributed by atoms with Crippen LogP contribution in [0.3, 0.4) is 0 Å². The Balaban J connectivity index is 1.59. The second-order valence-electron chi connectivity index (χ2n) is 6.91. The van der Waals surface area contributed by atoms with Gasteiger partial charge in [0, 0.05) is 11.4 Å². The zero-order valence-corrected chi connectivity index (χ0v) is 18.0. The van der Waals surface area contributed by atoms with E-state index in [1.807, 2.05) is 48.5 Å². The minimum absolute atomic E-state index is 0.545. The van der Waals surface area contributed by atoms with Gasteiger partial charge in [0.05, 0.1) is 21.6 Å². The fourth-order valence-electron chi connectivity index (χ4n) is 2.60. The van der Waals surface area contributed by atoms with Crippen LogP contribution in [0.5, 0.6) is 0 Å². The highest BCUT2D eigenvalue weighted by Crippen LogP contribution is 2.32. The molecule has 0 aliphatic heterocycles. The molecule has 5 nitrogen and oxygen atoms in total. The maximum absolute atomic E-state index is 10.1. The number of hydrogen-bond donors (Lipinski definition) is 1. The molecule has 4 rings (SSSR count). The van der Waals surface area contributed by atoms with E-state index in [1.54, 1.807) is 36.9 Å². The molecule has 0 aliphatic rings. The van der Waals surface area contributed by atoms with Crippen LogP contribution in [0, 0.1) is 0 Å². The van der Waals surface area contributed by atoms with Gasteiger partial charge in [0.25, 0.3) is 0 Å². The van der Waals surface area contributed by atoms with Crippen LogP contribution in [0.15, 0.2) is 64.1 Å². The Morgan fingerprint density at radius 2 is 1.75 bits per heavy atom. The average Bonchev–Trinajstić information content (AvgIpc) is 3.28. The summed E-state index contributed by atoms with van der Waals surface area (Å²) < 4.78 is 4.28. The van der Waals surface area contributed by atoms with E-state index in [9.17, 15) is 5.11 Å². The quantitative estimate of drug-likeness (QED) is 0.417. The first-order valence-corrected chi connectivity index (χ1v) is 11.6. The Bertz CT molecular complexity index is 1040. The molecule has 0 amide bonds. The highest BCUT2D eigenvalue weighted by Gasteiger charge is 2.19. The number of thiazole rings is 1. The number of para-hydroxylation sites is 2. The van der Waals surface area contributed by atoms with Crippen molar-refractivity contribution in [3.63, 3.8) is 0 Å². The molecule has 0 radical (unpaired) electrons. The summed E-state index contributed by atoms with van der Waals surface area (Å²) in [7, 11) is 0. The van der Waals surface area contributed by atoms with Crippen molar-refractivity contribution in [2.24, 2.45) is 0 Å². The lowest BCUT2D eigenvalue weighted by Gasteiger charge is -2.16. The molecule has 28 heavy (non-hydrogen) atoms. The van der Waals surface area contributed by atoms with Crippen LogP contribution in [0.4, 0.5) is 0 Å². The predicted octanol–water partition coefficient (Wildman–Crippen LogP) is 5.03. The molecule has 2 heterocycles. The molecular formula is C20H20N4OS3. The lowest BCUT2D eigenvalue weighted by Crippen LogP contribution is -2.22. The molecule has 8 heteroatoms. The molecule has 0 fully saturated rings. The van der Waals surface area contributed by atoms with Crippen molar-refractivity contribution in [2.45, 2.75) is 34.7 Å². The van der Waals surface area contributed by atoms with E-state index in [2.05, 4.69) is 20.8 Å². The summed E-state index contributed by atoms with van der Waals surface area (Å²) in [5, 5.41) is 19.7. The number of rotatable bonds is 7. The van der Waals surface area contributed by atoms with Gasteiger partial charge in [-0.05, 0) is 38.1 Å². The van der Waals surface area contributed by atoms with E-state index in [0.29, 0.717) is 11.5 Å². The predicted molar refractivity (Wildman–Crippen MR) is 118 cm³/mol. The fraction of sp³-hybridized carbons (Fsp3) is 0.250. The largest absolute Gasteiger partial charge is 0.390 e. The molecule has 0 unspecified atom stereocenters. The van der Waals surface area contributed by atoms with E-state index in [0.717, 1.165) is 26.5 Å². The van der Waals surface area contributed by atoms with Gasteiger partial charge in [0.15, 0.2) is 9.50 Å². The van der Waals surface area contributed by atoms with Gasteiger partial charge in [0.1, 0.15) is 5.82 Å². The third kappa shape index (κ3) is 4.57. The minimum atomic E-state index is -0.770. The summed E-state index contributed by atoms with van der Waals surface area (Å²) in [6, 6.07) is 18.3. The number of thioether (sulfide) groups is 2. The van der Waals surface area contributed by atoms with E-state index in [1.165, 1.54) is 16.5 Å². The number of aromatic nitrogens is 4. The van der Waals surface area contributed by atoms with Crippen LogP contribution < -0.4 is 0 Å². The van der Waals surface area contributed by atoms with Gasteiger partial charge < -0.3 is 5.11 Å². The molecule has 0 bridgehead atoms. The standard InChI is InChI=1S/C20H20N4OS3/c1-20(2,25)13-27-18-23-22-17(24(18)14-8-4-3-5-9-14)12-26-19-21-15-10-6-7-11-16(15)28-19/h3-11,25H,12-13H2,1-2H3. The Hall–Kier alpha value is -1.87. The molecule has 4 aromatic rings. The maximum atomic E-state index is 10.1. The van der Waals surface area contributed by atoms with E-state index in [-0.39, 0.29) is 0 Å². The summed E-state index contributed by atoms with van der Waals surface area (Å²) >= 11 is 4.88. The van der Waals surface area contributed by atoms with Gasteiger partial charge in [-0.15, -0.1) is 21.5 Å². The molecule has 0 saturated heterocycles. The number of hydrogen-bond acceptors (Lipinski definition) is 7. The zero-order chi connectivity index (χ0) is 19.6. The first kappa shape index (κ1) is 19.4. The number of nitrogens with zero attached hydrogens (tertiary/aromatic N) is 4. The third-order valence-electron chi connectivity index (χ3n) is 3.87. The Kier molecular flexibility index (Phi) is 5.73. The van der Waals surface area contributed by atoms with E-state index >= 15 is 0 Å². The first-order chi connectivity index (χ1) is 13.5. The van der Waals surface area contributed by atoms with E-state index < -0.39 is 5.60 Å². The summed E-state index contributed by atoms with van der Waals surface area (Å²) in [6.45, 7) is 3.60. The Morgan fingerprint density at radius 3 is 2.50 bits per heavy atom. The monoisotopic (exact) mass is 428 g/mol. The molecule has 0 aliphatic carbocycles. The summed E-state index contributed by atoms with van der Waals surface area (Å²) in [5.74, 6) is 2.09. The normalized spacial score (nSPS) is 12.0. The molecule has 0 atom stereocenters. The van der Waals surface area contributed by atoms with Gasteiger partial charge in [0.2, 0.25) is 0 Å². The number of aliphatic hydroxyl groups is 1. The second kappa shape index (κ2) is 8.24. The molecule has 2 aromatic heterocycles. The van der Waals surface area contributed by atoms with Crippen LogP contribution in [0.1, 0.15) is 19.7 Å². The van der Waals surface area contributed by atoms with Crippen molar-refractivity contribution in [2.75, 3.05) is 5.75 Å². The van der Waals surface area contributed by atoms with Crippen LogP contribution >= 0.6 is 34.9 Å². The van der Waals surface area contributed by atoms with Crippen LogP contribution in [0.25, 0.3) is 15.9 Å². The van der Waals surface area contributed by atoms with E-state index in [4.69, 9.17) is 4.98 Å². The SMILES string of the molecule is CC(C)(O)CSc1nnc(CSc2nc3ccccc3s2)n1-c1ccccc1. The van der Waals surface area contributed by atoms with Crippen molar-refractivity contribution in [3.8, 4) is 5.69 Å². The molecule has 0 spiro atoms. The topological polar surface area (TPSA) is 63.8 Å². The van der Waals surface area contributed by atoms with Gasteiger partial charge in [-0.2, -0.15) is 0 Å². The first-order valence-electron chi connectivity index (χ1n) is 8.83. The molecule has 144 valence electrons.